The molecule has 1 aromatic carbocycles. The molecule has 0 heterocycles. The number of carbonyl (C=O) groups is 3. The number of carbonyl (C=O) groups excluding carboxylic acids is 2. The average molecular weight is 271 g/mol. The first kappa shape index (κ1) is 14.0. The minimum Gasteiger partial charge on any atom is -0.478 e. The molecule has 2 amide bonds. The van der Waals surface area contributed by atoms with Crippen molar-refractivity contribution in [3.63, 3.8) is 0 Å². The molecule has 2 N–H and O–H groups in total. The molecule has 0 aliphatic carbocycles. The molecule has 7 heteroatoms. The Morgan fingerprint density at radius 1 is 1.28 bits per heavy atom. The van der Waals surface area contributed by atoms with Gasteiger partial charge >= 0.3 is 17.8 Å². The van der Waals surface area contributed by atoms with E-state index in [1.54, 1.807) is 0 Å². The number of nitrogens with one attached hydrogen (secondary N) is 1. The molecule has 0 aliphatic heterocycles. The SMILES string of the molecule is CN(C)C(=O)C(=O)Nc1ccc(Cl)c(C(=O)O)c1. The molecule has 0 unspecified atom stereocenters. The average Bonchev–Trinajstić information content (AvgIpc) is 2.29. The number of benzene rings is 1. The summed E-state index contributed by atoms with van der Waals surface area (Å²) in [6, 6.07) is 3.93. The fourth-order valence-corrected chi connectivity index (χ4v) is 1.35. The molecular formula is C11H11ClN2O4. The van der Waals surface area contributed by atoms with Gasteiger partial charge in [0.2, 0.25) is 0 Å². The van der Waals surface area contributed by atoms with E-state index in [-0.39, 0.29) is 16.3 Å². The van der Waals surface area contributed by atoms with Crippen LogP contribution in [-0.4, -0.2) is 41.9 Å². The predicted molar refractivity (Wildman–Crippen MR) is 65.7 cm³/mol. The van der Waals surface area contributed by atoms with Crippen LogP contribution < -0.4 is 5.32 Å². The van der Waals surface area contributed by atoms with Crippen LogP contribution in [0.1, 0.15) is 10.4 Å². The maximum atomic E-state index is 11.4. The molecule has 0 radical (unpaired) electrons. The van der Waals surface area contributed by atoms with Gasteiger partial charge in [-0.15, -0.1) is 0 Å². The van der Waals surface area contributed by atoms with Crippen LogP contribution in [0.25, 0.3) is 0 Å². The van der Waals surface area contributed by atoms with Crippen molar-refractivity contribution in [2.75, 3.05) is 19.4 Å². The number of rotatable bonds is 2. The summed E-state index contributed by atoms with van der Waals surface area (Å²) in [7, 11) is 2.87. The zero-order chi connectivity index (χ0) is 13.9. The van der Waals surface area contributed by atoms with E-state index in [1.165, 1.54) is 32.3 Å². The van der Waals surface area contributed by atoms with E-state index in [9.17, 15) is 14.4 Å². The molecule has 0 aliphatic rings. The van der Waals surface area contributed by atoms with Crippen LogP contribution in [0, 0.1) is 0 Å². The predicted octanol–water partition coefficient (Wildman–Crippen LogP) is 1.06. The van der Waals surface area contributed by atoms with Crippen molar-refractivity contribution in [2.24, 2.45) is 0 Å². The maximum Gasteiger partial charge on any atom is 0.337 e. The Labute approximate surface area is 108 Å². The number of anilines is 1. The van der Waals surface area contributed by atoms with Gasteiger partial charge in [-0.3, -0.25) is 9.59 Å². The monoisotopic (exact) mass is 270 g/mol. The first-order chi connectivity index (χ1) is 8.32. The summed E-state index contributed by atoms with van der Waals surface area (Å²) < 4.78 is 0. The van der Waals surface area contributed by atoms with Crippen LogP contribution in [0.2, 0.25) is 5.02 Å². The maximum absolute atomic E-state index is 11.4. The van der Waals surface area contributed by atoms with Gasteiger partial charge in [0.15, 0.2) is 0 Å². The molecule has 6 nitrogen and oxygen atoms in total. The van der Waals surface area contributed by atoms with Crippen LogP contribution >= 0.6 is 11.6 Å². The number of carboxylic acids is 1. The Balaban J connectivity index is 2.93. The van der Waals surface area contributed by atoms with Crippen molar-refractivity contribution in [1.29, 1.82) is 0 Å². The van der Waals surface area contributed by atoms with Gasteiger partial charge in [0.25, 0.3) is 0 Å². The molecule has 0 aromatic heterocycles. The van der Waals surface area contributed by atoms with Crippen molar-refractivity contribution in [3.05, 3.63) is 28.8 Å². The Morgan fingerprint density at radius 2 is 1.89 bits per heavy atom. The fraction of sp³-hybridized carbons (Fsp3) is 0.182. The lowest BCUT2D eigenvalue weighted by atomic mass is 10.2. The molecule has 0 fully saturated rings. The van der Waals surface area contributed by atoms with Gasteiger partial charge in [-0.05, 0) is 18.2 Å². The lowest BCUT2D eigenvalue weighted by Gasteiger charge is -2.10. The van der Waals surface area contributed by atoms with Crippen molar-refractivity contribution < 1.29 is 19.5 Å². The van der Waals surface area contributed by atoms with Gasteiger partial charge in [0.05, 0.1) is 10.6 Å². The number of carboxylic acid groups (broad SMARTS) is 1. The first-order valence-corrected chi connectivity index (χ1v) is 5.26. The Hall–Kier alpha value is -2.08. The van der Waals surface area contributed by atoms with Gasteiger partial charge in [-0.2, -0.15) is 0 Å². The Kier molecular flexibility index (Phi) is 4.28. The van der Waals surface area contributed by atoms with Crippen molar-refractivity contribution in [2.45, 2.75) is 0 Å². The molecule has 0 bridgehead atoms. The highest BCUT2D eigenvalue weighted by Gasteiger charge is 2.17. The van der Waals surface area contributed by atoms with E-state index >= 15 is 0 Å². The van der Waals surface area contributed by atoms with E-state index in [0.717, 1.165) is 4.90 Å². The van der Waals surface area contributed by atoms with Crippen molar-refractivity contribution >= 4 is 35.1 Å². The van der Waals surface area contributed by atoms with E-state index in [1.807, 2.05) is 0 Å². The van der Waals surface area contributed by atoms with Gasteiger partial charge in [0, 0.05) is 19.8 Å². The Morgan fingerprint density at radius 3 is 2.39 bits per heavy atom. The number of hydrogen-bond donors (Lipinski definition) is 2. The molecule has 0 saturated heterocycles. The molecule has 18 heavy (non-hydrogen) atoms. The quantitative estimate of drug-likeness (QED) is 0.787. The first-order valence-electron chi connectivity index (χ1n) is 4.88. The second-order valence-electron chi connectivity index (χ2n) is 3.65. The number of amides is 2. The minimum atomic E-state index is -1.21. The third kappa shape index (κ3) is 3.21. The molecular weight excluding hydrogens is 260 g/mol. The van der Waals surface area contributed by atoms with Crippen LogP contribution in [-0.2, 0) is 9.59 Å². The lowest BCUT2D eigenvalue weighted by molar-refractivity contribution is -0.141. The number of aromatic carboxylic acids is 1. The van der Waals surface area contributed by atoms with E-state index in [4.69, 9.17) is 16.7 Å². The van der Waals surface area contributed by atoms with E-state index < -0.39 is 17.8 Å². The third-order valence-electron chi connectivity index (χ3n) is 2.06. The summed E-state index contributed by atoms with van der Waals surface area (Å²) in [5.74, 6) is -2.80. The Bertz CT molecular complexity index is 514. The van der Waals surface area contributed by atoms with Crippen LogP contribution in [0.3, 0.4) is 0 Å². The summed E-state index contributed by atoms with van der Waals surface area (Å²) in [5, 5.41) is 11.2. The second-order valence-corrected chi connectivity index (χ2v) is 4.06. The number of hydrogen-bond acceptors (Lipinski definition) is 3. The van der Waals surface area contributed by atoms with Gasteiger partial charge in [0.1, 0.15) is 0 Å². The molecule has 96 valence electrons. The van der Waals surface area contributed by atoms with Crippen molar-refractivity contribution in [1.82, 2.24) is 4.90 Å². The smallest absolute Gasteiger partial charge is 0.337 e. The number of halogens is 1. The summed E-state index contributed by atoms with van der Waals surface area (Å²) in [6.07, 6.45) is 0. The zero-order valence-electron chi connectivity index (χ0n) is 9.73. The van der Waals surface area contributed by atoms with E-state index in [2.05, 4.69) is 5.32 Å². The topological polar surface area (TPSA) is 86.7 Å². The molecule has 1 aromatic rings. The largest absolute Gasteiger partial charge is 0.478 e. The van der Waals surface area contributed by atoms with Gasteiger partial charge < -0.3 is 15.3 Å². The van der Waals surface area contributed by atoms with E-state index in [0.29, 0.717) is 0 Å². The summed E-state index contributed by atoms with van der Waals surface area (Å²) in [4.78, 5) is 34.7. The van der Waals surface area contributed by atoms with Gasteiger partial charge in [-0.25, -0.2) is 4.79 Å². The number of nitrogens with zero attached hydrogens (tertiary/aromatic N) is 1. The summed E-state index contributed by atoms with van der Waals surface area (Å²) >= 11 is 5.67. The second kappa shape index (κ2) is 5.50. The summed E-state index contributed by atoms with van der Waals surface area (Å²) in [5.41, 5.74) is 0.0452. The summed E-state index contributed by atoms with van der Waals surface area (Å²) in [6.45, 7) is 0. The minimum absolute atomic E-state index is 0.0550. The molecule has 1 rings (SSSR count). The van der Waals surface area contributed by atoms with Crippen LogP contribution in [0.15, 0.2) is 18.2 Å². The highest BCUT2D eigenvalue weighted by Crippen LogP contribution is 2.20. The normalized spacial score (nSPS) is 9.72. The van der Waals surface area contributed by atoms with Gasteiger partial charge in [-0.1, -0.05) is 11.6 Å². The molecule has 0 spiro atoms. The standard InChI is InChI=1S/C11H11ClN2O4/c1-14(2)10(16)9(15)13-6-3-4-8(12)7(5-6)11(17)18/h3-5H,1-2H3,(H,13,15)(H,17,18). The zero-order valence-corrected chi connectivity index (χ0v) is 10.5. The third-order valence-corrected chi connectivity index (χ3v) is 2.38. The highest BCUT2D eigenvalue weighted by atomic mass is 35.5. The lowest BCUT2D eigenvalue weighted by Crippen LogP contribution is -2.34. The fourth-order valence-electron chi connectivity index (χ4n) is 1.15. The number of likely N-dealkylation sites (N-methyl/N-ethyl adjacent to an activating group) is 1. The van der Waals surface area contributed by atoms with Crippen LogP contribution in [0.5, 0.6) is 0 Å². The molecule has 0 atom stereocenters. The van der Waals surface area contributed by atoms with Crippen molar-refractivity contribution in [3.8, 4) is 0 Å². The highest BCUT2D eigenvalue weighted by molar-refractivity contribution is 6.39. The molecule has 0 saturated carbocycles. The van der Waals surface area contributed by atoms with Crippen LogP contribution in [0.4, 0.5) is 5.69 Å².